The summed E-state index contributed by atoms with van der Waals surface area (Å²) in [6, 6.07) is 9.76. The molecule has 1 aliphatic carbocycles. The summed E-state index contributed by atoms with van der Waals surface area (Å²) in [5, 5.41) is 0. The summed E-state index contributed by atoms with van der Waals surface area (Å²) >= 11 is 0. The molecule has 1 saturated heterocycles. The van der Waals surface area contributed by atoms with Gasteiger partial charge < -0.3 is 14.5 Å². The van der Waals surface area contributed by atoms with Crippen LogP contribution in [0.4, 0.5) is 0 Å². The van der Waals surface area contributed by atoms with Crippen LogP contribution >= 0.6 is 0 Å². The number of aryl methyl sites for hydroxylation is 1. The highest BCUT2D eigenvalue weighted by Crippen LogP contribution is 2.44. The number of carbonyl (C=O) groups excluding carboxylic acids is 1. The maximum Gasteiger partial charge on any atom is 0.272 e. The summed E-state index contributed by atoms with van der Waals surface area (Å²) in [5.74, 6) is 0.644. The van der Waals surface area contributed by atoms with Gasteiger partial charge in [0.25, 0.3) is 11.5 Å². The number of rotatable bonds is 2. The number of H-pyrrole nitrogens is 1. The van der Waals surface area contributed by atoms with Gasteiger partial charge in [-0.15, -0.1) is 0 Å². The molecule has 3 heterocycles. The van der Waals surface area contributed by atoms with Crippen molar-refractivity contribution in [1.82, 2.24) is 24.4 Å². The number of carbonyl (C=O) groups is 1. The number of aromatic amines is 1. The lowest BCUT2D eigenvalue weighted by atomic mass is 9.76. The van der Waals surface area contributed by atoms with Crippen LogP contribution in [0.15, 0.2) is 47.7 Å². The number of benzene rings is 1. The second kappa shape index (κ2) is 6.69. The Balaban J connectivity index is 1.43. The van der Waals surface area contributed by atoms with Gasteiger partial charge in [0.05, 0.1) is 18.2 Å². The van der Waals surface area contributed by atoms with E-state index in [1.54, 1.807) is 17.1 Å². The average Bonchev–Trinajstić information content (AvgIpc) is 3.33. The fourth-order valence-corrected chi connectivity index (χ4v) is 4.73. The first-order valence-electron chi connectivity index (χ1n) is 10.0. The number of hydrogen-bond acceptors (Lipinski definition) is 4. The van der Waals surface area contributed by atoms with Crippen molar-refractivity contribution in [2.75, 3.05) is 13.1 Å². The van der Waals surface area contributed by atoms with Crippen LogP contribution in [-0.2, 0) is 18.9 Å². The van der Waals surface area contributed by atoms with Crippen molar-refractivity contribution in [1.29, 1.82) is 0 Å². The number of fused-ring (bicyclic) bond motifs is 2. The zero-order valence-corrected chi connectivity index (χ0v) is 16.4. The first-order valence-corrected chi connectivity index (χ1v) is 10.0. The van der Waals surface area contributed by atoms with Crippen molar-refractivity contribution in [3.63, 3.8) is 0 Å². The standard InChI is InChI=1S/C22H23N5O2/c1-26-14-23-13-17(26)21(29)27-11-9-22(10-12-27)8-7-16-18(22)24-19(25-20(16)28)15-5-3-2-4-6-15/h2-6,13-14H,7-12H2,1H3,(H,24,25,28). The summed E-state index contributed by atoms with van der Waals surface area (Å²) in [6.07, 6.45) is 6.59. The minimum Gasteiger partial charge on any atom is -0.337 e. The zero-order chi connectivity index (χ0) is 20.0. The van der Waals surface area contributed by atoms with E-state index in [1.807, 2.05) is 42.3 Å². The van der Waals surface area contributed by atoms with Crippen molar-refractivity contribution >= 4 is 5.91 Å². The third kappa shape index (κ3) is 2.88. The van der Waals surface area contributed by atoms with E-state index in [2.05, 4.69) is 9.97 Å². The van der Waals surface area contributed by atoms with Gasteiger partial charge in [-0.3, -0.25) is 9.59 Å². The smallest absolute Gasteiger partial charge is 0.272 e. The molecule has 1 spiro atoms. The molecule has 2 aliphatic rings. The Hall–Kier alpha value is -3.22. The number of nitrogens with one attached hydrogen (secondary N) is 1. The van der Waals surface area contributed by atoms with Gasteiger partial charge in [0, 0.05) is 36.7 Å². The number of imidazole rings is 1. The molecule has 2 aromatic heterocycles. The number of amides is 1. The third-order valence-corrected chi connectivity index (χ3v) is 6.46. The van der Waals surface area contributed by atoms with Crippen LogP contribution in [0.2, 0.25) is 0 Å². The van der Waals surface area contributed by atoms with Crippen LogP contribution in [0, 0.1) is 0 Å². The van der Waals surface area contributed by atoms with Crippen molar-refractivity contribution in [2.45, 2.75) is 31.1 Å². The van der Waals surface area contributed by atoms with E-state index in [4.69, 9.17) is 4.98 Å². The summed E-state index contributed by atoms with van der Waals surface area (Å²) in [7, 11) is 1.83. The third-order valence-electron chi connectivity index (χ3n) is 6.46. The lowest BCUT2D eigenvalue weighted by molar-refractivity contribution is 0.0654. The molecule has 1 fully saturated rings. The van der Waals surface area contributed by atoms with E-state index in [9.17, 15) is 9.59 Å². The molecule has 0 radical (unpaired) electrons. The quantitative estimate of drug-likeness (QED) is 0.729. The number of hydrogen-bond donors (Lipinski definition) is 1. The lowest BCUT2D eigenvalue weighted by Gasteiger charge is -2.39. The Morgan fingerprint density at radius 2 is 1.90 bits per heavy atom. The Kier molecular flexibility index (Phi) is 4.12. The maximum absolute atomic E-state index is 12.8. The molecule has 148 valence electrons. The summed E-state index contributed by atoms with van der Waals surface area (Å²) < 4.78 is 1.75. The minimum atomic E-state index is -0.115. The normalized spacial score (nSPS) is 17.5. The first-order chi connectivity index (χ1) is 14.1. The molecule has 0 bridgehead atoms. The van der Waals surface area contributed by atoms with Crippen LogP contribution in [0.25, 0.3) is 11.4 Å². The molecule has 1 amide bonds. The van der Waals surface area contributed by atoms with Crippen molar-refractivity contribution in [2.24, 2.45) is 7.05 Å². The molecule has 3 aromatic rings. The molecule has 5 rings (SSSR count). The predicted molar refractivity (Wildman–Crippen MR) is 109 cm³/mol. The number of nitrogens with zero attached hydrogens (tertiary/aromatic N) is 4. The van der Waals surface area contributed by atoms with Crippen LogP contribution in [0.3, 0.4) is 0 Å². The molecule has 1 N–H and O–H groups in total. The Morgan fingerprint density at radius 3 is 2.59 bits per heavy atom. The van der Waals surface area contributed by atoms with Gasteiger partial charge in [-0.2, -0.15) is 0 Å². The van der Waals surface area contributed by atoms with Crippen molar-refractivity contribution in [3.8, 4) is 11.4 Å². The first kappa shape index (κ1) is 17.8. The van der Waals surface area contributed by atoms with Gasteiger partial charge in [-0.05, 0) is 25.7 Å². The van der Waals surface area contributed by atoms with Crippen LogP contribution < -0.4 is 5.56 Å². The predicted octanol–water partition coefficient (Wildman–Crippen LogP) is 2.29. The molecule has 1 aromatic carbocycles. The summed E-state index contributed by atoms with van der Waals surface area (Å²) in [4.78, 5) is 39.4. The van der Waals surface area contributed by atoms with Crippen LogP contribution in [-0.4, -0.2) is 43.4 Å². The molecular formula is C22H23N5O2. The Labute approximate surface area is 168 Å². The molecule has 7 nitrogen and oxygen atoms in total. The number of likely N-dealkylation sites (tertiary alicyclic amines) is 1. The van der Waals surface area contributed by atoms with Gasteiger partial charge >= 0.3 is 0 Å². The minimum absolute atomic E-state index is 0.0157. The SMILES string of the molecule is Cn1cncc1C(=O)N1CCC2(CCc3c2nc(-c2ccccc2)[nH]c3=O)CC1. The van der Waals surface area contributed by atoms with Crippen molar-refractivity contribution in [3.05, 3.63) is 70.2 Å². The lowest BCUT2D eigenvalue weighted by Crippen LogP contribution is -2.45. The Morgan fingerprint density at radius 1 is 1.14 bits per heavy atom. The number of piperidine rings is 1. The van der Waals surface area contributed by atoms with Crippen LogP contribution in [0.5, 0.6) is 0 Å². The summed E-state index contributed by atoms with van der Waals surface area (Å²) in [6.45, 7) is 1.33. The second-order valence-corrected chi connectivity index (χ2v) is 8.07. The molecule has 0 atom stereocenters. The second-order valence-electron chi connectivity index (χ2n) is 8.07. The fourth-order valence-electron chi connectivity index (χ4n) is 4.73. The monoisotopic (exact) mass is 389 g/mol. The topological polar surface area (TPSA) is 83.9 Å². The van der Waals surface area contributed by atoms with Gasteiger partial charge in [0.1, 0.15) is 11.5 Å². The molecule has 0 saturated carbocycles. The number of aromatic nitrogens is 4. The van der Waals surface area contributed by atoms with E-state index in [0.717, 1.165) is 42.5 Å². The largest absolute Gasteiger partial charge is 0.337 e. The molecule has 1 aliphatic heterocycles. The average molecular weight is 389 g/mol. The molecule has 0 unspecified atom stereocenters. The van der Waals surface area contributed by atoms with E-state index < -0.39 is 0 Å². The van der Waals surface area contributed by atoms with Crippen LogP contribution in [0.1, 0.15) is 41.0 Å². The highest BCUT2D eigenvalue weighted by molar-refractivity contribution is 5.92. The van der Waals surface area contributed by atoms with Crippen molar-refractivity contribution < 1.29 is 4.79 Å². The highest BCUT2D eigenvalue weighted by atomic mass is 16.2. The molecule has 7 heteroatoms. The van der Waals surface area contributed by atoms with E-state index in [-0.39, 0.29) is 16.9 Å². The van der Waals surface area contributed by atoms with Gasteiger partial charge in [0.15, 0.2) is 0 Å². The molecule has 29 heavy (non-hydrogen) atoms. The fraction of sp³-hybridized carbons (Fsp3) is 0.364. The van der Waals surface area contributed by atoms with Gasteiger partial charge in [-0.1, -0.05) is 30.3 Å². The molecular weight excluding hydrogens is 366 g/mol. The highest BCUT2D eigenvalue weighted by Gasteiger charge is 2.44. The summed E-state index contributed by atoms with van der Waals surface area (Å²) in [5.41, 5.74) is 3.13. The van der Waals surface area contributed by atoms with E-state index in [1.165, 1.54) is 0 Å². The van der Waals surface area contributed by atoms with Gasteiger partial charge in [0.2, 0.25) is 0 Å². The zero-order valence-electron chi connectivity index (χ0n) is 16.4. The van der Waals surface area contributed by atoms with Gasteiger partial charge in [-0.25, -0.2) is 9.97 Å². The Bertz CT molecular complexity index is 1120. The maximum atomic E-state index is 12.8. The van der Waals surface area contributed by atoms with E-state index >= 15 is 0 Å². The van der Waals surface area contributed by atoms with E-state index in [0.29, 0.717) is 24.6 Å².